The van der Waals surface area contributed by atoms with Crippen molar-refractivity contribution in [3.05, 3.63) is 29.8 Å². The van der Waals surface area contributed by atoms with Gasteiger partial charge in [0, 0.05) is 18.6 Å². The summed E-state index contributed by atoms with van der Waals surface area (Å²) in [5.74, 6) is 1.51. The molecule has 1 aliphatic heterocycles. The first kappa shape index (κ1) is 16.3. The third kappa shape index (κ3) is 4.21. The minimum atomic E-state index is 0.216. The quantitative estimate of drug-likeness (QED) is 0.825. The Labute approximate surface area is 129 Å². The average Bonchev–Trinajstić information content (AvgIpc) is 2.93. The standard InChI is InChI=1S/C18H29NO2/c1-5-17-16(11-12-20-17)18(19-6-2)14-7-9-15(10-8-14)21-13(3)4/h7-10,13,16-19H,5-6,11-12H2,1-4H3. The first-order chi connectivity index (χ1) is 10.2. The normalized spacial score (nSPS) is 23.5. The molecule has 21 heavy (non-hydrogen) atoms. The summed E-state index contributed by atoms with van der Waals surface area (Å²) < 4.78 is 11.6. The lowest BCUT2D eigenvalue weighted by atomic mass is 9.86. The Kier molecular flexibility index (Phi) is 6.07. The van der Waals surface area contributed by atoms with Crippen LogP contribution in [0.4, 0.5) is 0 Å². The van der Waals surface area contributed by atoms with Crippen LogP contribution in [0.25, 0.3) is 0 Å². The third-order valence-electron chi connectivity index (χ3n) is 4.13. The molecule has 0 aromatic heterocycles. The third-order valence-corrected chi connectivity index (χ3v) is 4.13. The van der Waals surface area contributed by atoms with Crippen LogP contribution in [0, 0.1) is 5.92 Å². The molecule has 3 nitrogen and oxygen atoms in total. The van der Waals surface area contributed by atoms with Gasteiger partial charge in [0.25, 0.3) is 0 Å². The van der Waals surface area contributed by atoms with Gasteiger partial charge in [-0.05, 0) is 50.9 Å². The minimum absolute atomic E-state index is 0.216. The van der Waals surface area contributed by atoms with E-state index >= 15 is 0 Å². The molecule has 0 bridgehead atoms. The van der Waals surface area contributed by atoms with E-state index in [1.54, 1.807) is 0 Å². The highest BCUT2D eigenvalue weighted by Crippen LogP contribution is 2.35. The predicted octanol–water partition coefficient (Wildman–Crippen LogP) is 3.94. The lowest BCUT2D eigenvalue weighted by Crippen LogP contribution is -2.32. The zero-order chi connectivity index (χ0) is 15.2. The van der Waals surface area contributed by atoms with Crippen LogP contribution < -0.4 is 10.1 Å². The maximum atomic E-state index is 5.88. The van der Waals surface area contributed by atoms with Crippen molar-refractivity contribution in [1.82, 2.24) is 5.32 Å². The molecule has 0 spiro atoms. The van der Waals surface area contributed by atoms with E-state index in [4.69, 9.17) is 9.47 Å². The first-order valence-electron chi connectivity index (χ1n) is 8.27. The Morgan fingerprint density at radius 2 is 1.95 bits per heavy atom. The highest BCUT2D eigenvalue weighted by atomic mass is 16.5. The van der Waals surface area contributed by atoms with Gasteiger partial charge in [0.05, 0.1) is 12.2 Å². The SMILES string of the molecule is CCNC(c1ccc(OC(C)C)cc1)C1CCOC1CC. The molecule has 0 radical (unpaired) electrons. The molecule has 0 amide bonds. The van der Waals surface area contributed by atoms with Crippen molar-refractivity contribution >= 4 is 0 Å². The van der Waals surface area contributed by atoms with E-state index in [1.165, 1.54) is 5.56 Å². The largest absolute Gasteiger partial charge is 0.491 e. The molecule has 0 saturated carbocycles. The zero-order valence-electron chi connectivity index (χ0n) is 13.8. The van der Waals surface area contributed by atoms with Crippen LogP contribution in [0.2, 0.25) is 0 Å². The molecule has 3 unspecified atom stereocenters. The van der Waals surface area contributed by atoms with E-state index in [0.717, 1.165) is 31.7 Å². The van der Waals surface area contributed by atoms with Gasteiger partial charge in [-0.25, -0.2) is 0 Å². The molecule has 1 N–H and O–H groups in total. The van der Waals surface area contributed by atoms with Crippen LogP contribution in [0.3, 0.4) is 0 Å². The lowest BCUT2D eigenvalue weighted by Gasteiger charge is -2.28. The Bertz CT molecular complexity index is 416. The number of rotatable bonds is 7. The fourth-order valence-electron chi connectivity index (χ4n) is 3.23. The summed E-state index contributed by atoms with van der Waals surface area (Å²) in [6.07, 6.45) is 2.82. The van der Waals surface area contributed by atoms with E-state index < -0.39 is 0 Å². The molecule has 3 heteroatoms. The first-order valence-corrected chi connectivity index (χ1v) is 8.27. The highest BCUT2D eigenvalue weighted by Gasteiger charge is 2.33. The van der Waals surface area contributed by atoms with Gasteiger partial charge in [-0.3, -0.25) is 0 Å². The van der Waals surface area contributed by atoms with E-state index in [2.05, 4.69) is 57.3 Å². The molecule has 1 heterocycles. The van der Waals surface area contributed by atoms with Crippen molar-refractivity contribution in [3.8, 4) is 5.75 Å². The van der Waals surface area contributed by atoms with E-state index in [-0.39, 0.29) is 6.10 Å². The highest BCUT2D eigenvalue weighted by molar-refractivity contribution is 5.30. The minimum Gasteiger partial charge on any atom is -0.491 e. The Morgan fingerprint density at radius 1 is 1.24 bits per heavy atom. The van der Waals surface area contributed by atoms with Crippen LogP contribution in [0.1, 0.15) is 52.1 Å². The molecule has 0 aliphatic carbocycles. The molecule has 1 fully saturated rings. The van der Waals surface area contributed by atoms with Crippen molar-refractivity contribution in [1.29, 1.82) is 0 Å². The molecule has 1 aromatic rings. The van der Waals surface area contributed by atoms with E-state index in [9.17, 15) is 0 Å². The summed E-state index contributed by atoms with van der Waals surface area (Å²) in [6, 6.07) is 8.91. The molecular weight excluding hydrogens is 262 g/mol. The summed E-state index contributed by atoms with van der Waals surface area (Å²) in [7, 11) is 0. The van der Waals surface area contributed by atoms with Gasteiger partial charge in [0.1, 0.15) is 5.75 Å². The second kappa shape index (κ2) is 7.81. The summed E-state index contributed by atoms with van der Waals surface area (Å²) in [4.78, 5) is 0. The van der Waals surface area contributed by atoms with Gasteiger partial charge in [-0.2, -0.15) is 0 Å². The van der Waals surface area contributed by atoms with E-state index in [0.29, 0.717) is 18.1 Å². The van der Waals surface area contributed by atoms with Crippen molar-refractivity contribution in [2.75, 3.05) is 13.2 Å². The van der Waals surface area contributed by atoms with Crippen LogP contribution in [-0.2, 0) is 4.74 Å². The predicted molar refractivity (Wildman–Crippen MR) is 86.8 cm³/mol. The lowest BCUT2D eigenvalue weighted by molar-refractivity contribution is 0.0776. The zero-order valence-corrected chi connectivity index (χ0v) is 13.8. The van der Waals surface area contributed by atoms with Crippen molar-refractivity contribution in [3.63, 3.8) is 0 Å². The Morgan fingerprint density at radius 3 is 2.52 bits per heavy atom. The van der Waals surface area contributed by atoms with Gasteiger partial charge in [0.15, 0.2) is 0 Å². The molecule has 1 saturated heterocycles. The molecule has 1 aliphatic rings. The van der Waals surface area contributed by atoms with Crippen LogP contribution >= 0.6 is 0 Å². The average molecular weight is 291 g/mol. The number of nitrogens with one attached hydrogen (secondary N) is 1. The summed E-state index contributed by atoms with van der Waals surface area (Å²) in [6.45, 7) is 10.3. The van der Waals surface area contributed by atoms with Crippen LogP contribution in [-0.4, -0.2) is 25.4 Å². The van der Waals surface area contributed by atoms with Gasteiger partial charge in [-0.15, -0.1) is 0 Å². The summed E-state index contributed by atoms with van der Waals surface area (Å²) >= 11 is 0. The van der Waals surface area contributed by atoms with Crippen molar-refractivity contribution in [2.24, 2.45) is 5.92 Å². The summed E-state index contributed by atoms with van der Waals surface area (Å²) in [5.41, 5.74) is 1.34. The molecule has 3 atom stereocenters. The fourth-order valence-corrected chi connectivity index (χ4v) is 3.23. The van der Waals surface area contributed by atoms with Gasteiger partial charge < -0.3 is 14.8 Å². The maximum absolute atomic E-state index is 5.88. The molecule has 2 rings (SSSR count). The van der Waals surface area contributed by atoms with Crippen molar-refractivity contribution < 1.29 is 9.47 Å². The number of hydrogen-bond donors (Lipinski definition) is 1. The van der Waals surface area contributed by atoms with E-state index in [1.807, 2.05) is 0 Å². The monoisotopic (exact) mass is 291 g/mol. The number of ether oxygens (including phenoxy) is 2. The van der Waals surface area contributed by atoms with Crippen molar-refractivity contribution in [2.45, 2.75) is 58.8 Å². The van der Waals surface area contributed by atoms with Gasteiger partial charge in [0.2, 0.25) is 0 Å². The second-order valence-corrected chi connectivity index (χ2v) is 6.04. The number of hydrogen-bond acceptors (Lipinski definition) is 3. The molecule has 1 aromatic carbocycles. The molecule has 118 valence electrons. The topological polar surface area (TPSA) is 30.5 Å². The fraction of sp³-hybridized carbons (Fsp3) is 0.667. The van der Waals surface area contributed by atoms with Gasteiger partial charge >= 0.3 is 0 Å². The van der Waals surface area contributed by atoms with Crippen LogP contribution in [0.5, 0.6) is 5.75 Å². The summed E-state index contributed by atoms with van der Waals surface area (Å²) in [5, 5.41) is 3.64. The Balaban J connectivity index is 2.14. The molecular formula is C18H29NO2. The van der Waals surface area contributed by atoms with Gasteiger partial charge in [-0.1, -0.05) is 26.0 Å². The Hall–Kier alpha value is -1.06. The smallest absolute Gasteiger partial charge is 0.119 e. The maximum Gasteiger partial charge on any atom is 0.119 e. The second-order valence-electron chi connectivity index (χ2n) is 6.04. The van der Waals surface area contributed by atoms with Crippen LogP contribution in [0.15, 0.2) is 24.3 Å². The number of benzene rings is 1.